The molecule has 0 radical (unpaired) electrons. The maximum atomic E-state index is 12.0. The van der Waals surface area contributed by atoms with Crippen LogP contribution >= 0.6 is 0 Å². The normalized spacial score (nSPS) is 10.5. The summed E-state index contributed by atoms with van der Waals surface area (Å²) in [6, 6.07) is 14.1. The van der Waals surface area contributed by atoms with Gasteiger partial charge in [-0.25, -0.2) is 0 Å². The van der Waals surface area contributed by atoms with Crippen LogP contribution in [0.5, 0.6) is 5.75 Å². The average molecular weight is 324 g/mol. The molecule has 3 aromatic rings. The Labute approximate surface area is 138 Å². The van der Waals surface area contributed by atoms with E-state index in [-0.39, 0.29) is 18.8 Å². The van der Waals surface area contributed by atoms with E-state index in [1.165, 1.54) is 6.26 Å². The monoisotopic (exact) mass is 324 g/mol. The average Bonchev–Trinajstić information content (AvgIpc) is 3.02. The summed E-state index contributed by atoms with van der Waals surface area (Å²) < 4.78 is 15.6. The first kappa shape index (κ1) is 15.8. The van der Waals surface area contributed by atoms with E-state index in [2.05, 4.69) is 0 Å². The molecule has 24 heavy (non-hydrogen) atoms. The standard InChI is InChI=1S/C19H16O5/c1-22-15-7-8-16-14(11-23-18(16)10-15)9-19(21)24-12-17(20)13-5-3-2-4-6-13/h2-8,10-11H,9,12H2,1H3. The number of rotatable bonds is 6. The zero-order chi connectivity index (χ0) is 16.9. The Morgan fingerprint density at radius 2 is 1.88 bits per heavy atom. The third kappa shape index (κ3) is 3.46. The van der Waals surface area contributed by atoms with Crippen molar-refractivity contribution in [3.8, 4) is 5.75 Å². The van der Waals surface area contributed by atoms with Gasteiger partial charge in [-0.15, -0.1) is 0 Å². The molecule has 0 spiro atoms. The third-order valence-electron chi connectivity index (χ3n) is 3.66. The Kier molecular flexibility index (Phi) is 4.61. The molecule has 0 aliphatic rings. The first-order valence-electron chi connectivity index (χ1n) is 7.45. The predicted molar refractivity (Wildman–Crippen MR) is 88.2 cm³/mol. The summed E-state index contributed by atoms with van der Waals surface area (Å²) in [5.41, 5.74) is 1.87. The molecule has 0 amide bonds. The summed E-state index contributed by atoms with van der Waals surface area (Å²) in [6.45, 7) is -0.271. The van der Waals surface area contributed by atoms with E-state index in [0.717, 1.165) is 5.39 Å². The van der Waals surface area contributed by atoms with Gasteiger partial charge < -0.3 is 13.9 Å². The van der Waals surface area contributed by atoms with Crippen molar-refractivity contribution >= 4 is 22.7 Å². The molecule has 5 heteroatoms. The second-order valence-electron chi connectivity index (χ2n) is 5.25. The first-order valence-corrected chi connectivity index (χ1v) is 7.45. The largest absolute Gasteiger partial charge is 0.497 e. The Bertz CT molecular complexity index is 864. The van der Waals surface area contributed by atoms with Crippen molar-refractivity contribution < 1.29 is 23.5 Å². The lowest BCUT2D eigenvalue weighted by atomic mass is 10.1. The highest BCUT2D eigenvalue weighted by molar-refractivity contribution is 5.98. The first-order chi connectivity index (χ1) is 11.7. The number of ether oxygens (including phenoxy) is 2. The number of Topliss-reactive ketones (excluding diaryl/α,β-unsaturated/α-hetero) is 1. The fraction of sp³-hybridized carbons (Fsp3) is 0.158. The number of carbonyl (C=O) groups excluding carboxylic acids is 2. The van der Waals surface area contributed by atoms with Crippen molar-refractivity contribution in [2.75, 3.05) is 13.7 Å². The summed E-state index contributed by atoms with van der Waals surface area (Å²) in [7, 11) is 1.58. The van der Waals surface area contributed by atoms with Gasteiger partial charge in [0.2, 0.25) is 0 Å². The van der Waals surface area contributed by atoms with Crippen LogP contribution in [-0.2, 0) is 16.0 Å². The second kappa shape index (κ2) is 7.00. The van der Waals surface area contributed by atoms with Crippen molar-refractivity contribution in [3.05, 3.63) is 65.9 Å². The molecule has 2 aromatic carbocycles. The zero-order valence-corrected chi connectivity index (χ0v) is 13.2. The molecule has 0 saturated carbocycles. The van der Waals surface area contributed by atoms with Gasteiger partial charge in [-0.1, -0.05) is 30.3 Å². The number of esters is 1. The minimum Gasteiger partial charge on any atom is -0.497 e. The molecular formula is C19H16O5. The van der Waals surface area contributed by atoms with Gasteiger partial charge in [0.05, 0.1) is 19.8 Å². The molecule has 0 aliphatic carbocycles. The number of methoxy groups -OCH3 is 1. The number of hydrogen-bond donors (Lipinski definition) is 0. The number of benzene rings is 2. The maximum absolute atomic E-state index is 12.0. The van der Waals surface area contributed by atoms with Gasteiger partial charge in [-0.05, 0) is 12.1 Å². The van der Waals surface area contributed by atoms with E-state index in [9.17, 15) is 9.59 Å². The molecular weight excluding hydrogens is 308 g/mol. The van der Waals surface area contributed by atoms with Crippen LogP contribution in [0, 0.1) is 0 Å². The van der Waals surface area contributed by atoms with Gasteiger partial charge >= 0.3 is 5.97 Å². The molecule has 0 bridgehead atoms. The van der Waals surface area contributed by atoms with Gasteiger partial charge in [0.15, 0.2) is 12.4 Å². The lowest BCUT2D eigenvalue weighted by Gasteiger charge is -2.04. The van der Waals surface area contributed by atoms with Crippen LogP contribution in [0.1, 0.15) is 15.9 Å². The fourth-order valence-electron chi connectivity index (χ4n) is 2.39. The van der Waals surface area contributed by atoms with E-state index in [4.69, 9.17) is 13.9 Å². The Morgan fingerprint density at radius 1 is 1.08 bits per heavy atom. The van der Waals surface area contributed by atoms with Gasteiger partial charge in [0, 0.05) is 22.6 Å². The molecule has 0 fully saturated rings. The van der Waals surface area contributed by atoms with Crippen LogP contribution in [0.25, 0.3) is 11.0 Å². The predicted octanol–water partition coefficient (Wildman–Crippen LogP) is 3.41. The Balaban J connectivity index is 1.62. The maximum Gasteiger partial charge on any atom is 0.310 e. The molecule has 0 unspecified atom stereocenters. The van der Waals surface area contributed by atoms with Gasteiger partial charge in [-0.2, -0.15) is 0 Å². The smallest absolute Gasteiger partial charge is 0.310 e. The van der Waals surface area contributed by atoms with Gasteiger partial charge in [-0.3, -0.25) is 9.59 Å². The van der Waals surface area contributed by atoms with Crippen molar-refractivity contribution in [3.63, 3.8) is 0 Å². The van der Waals surface area contributed by atoms with E-state index in [1.54, 1.807) is 43.5 Å². The van der Waals surface area contributed by atoms with Crippen LogP contribution in [0.2, 0.25) is 0 Å². The molecule has 1 heterocycles. The molecule has 122 valence electrons. The molecule has 3 rings (SSSR count). The molecule has 1 aromatic heterocycles. The third-order valence-corrected chi connectivity index (χ3v) is 3.66. The molecule has 0 N–H and O–H groups in total. The van der Waals surface area contributed by atoms with E-state index in [1.807, 2.05) is 12.1 Å². The number of carbonyl (C=O) groups is 2. The highest BCUT2D eigenvalue weighted by Gasteiger charge is 2.14. The van der Waals surface area contributed by atoms with Gasteiger partial charge in [0.25, 0.3) is 0 Å². The zero-order valence-electron chi connectivity index (χ0n) is 13.2. The topological polar surface area (TPSA) is 65.7 Å². The highest BCUT2D eigenvalue weighted by atomic mass is 16.5. The second-order valence-corrected chi connectivity index (χ2v) is 5.25. The number of fused-ring (bicyclic) bond motifs is 1. The van der Waals surface area contributed by atoms with Crippen LogP contribution in [0.15, 0.2) is 59.2 Å². The highest BCUT2D eigenvalue weighted by Crippen LogP contribution is 2.26. The van der Waals surface area contributed by atoms with Crippen molar-refractivity contribution in [1.29, 1.82) is 0 Å². The Morgan fingerprint density at radius 3 is 2.62 bits per heavy atom. The summed E-state index contributed by atoms with van der Waals surface area (Å²) >= 11 is 0. The van der Waals surface area contributed by atoms with Crippen LogP contribution < -0.4 is 4.74 Å². The van der Waals surface area contributed by atoms with Crippen molar-refractivity contribution in [2.24, 2.45) is 0 Å². The van der Waals surface area contributed by atoms with E-state index in [0.29, 0.717) is 22.5 Å². The molecule has 0 aliphatic heterocycles. The lowest BCUT2D eigenvalue weighted by molar-refractivity contribution is -0.141. The van der Waals surface area contributed by atoms with E-state index < -0.39 is 5.97 Å². The Hall–Kier alpha value is -3.08. The minimum atomic E-state index is -0.474. The fourth-order valence-corrected chi connectivity index (χ4v) is 2.39. The number of ketones is 1. The van der Waals surface area contributed by atoms with Crippen molar-refractivity contribution in [2.45, 2.75) is 6.42 Å². The summed E-state index contributed by atoms with van der Waals surface area (Å²) in [5.74, 6) is -0.0250. The van der Waals surface area contributed by atoms with E-state index >= 15 is 0 Å². The minimum absolute atomic E-state index is 0.0431. The lowest BCUT2D eigenvalue weighted by Crippen LogP contribution is -2.15. The quantitative estimate of drug-likeness (QED) is 0.513. The summed E-state index contributed by atoms with van der Waals surface area (Å²) in [5, 5.41) is 0.821. The number of furan rings is 1. The SMILES string of the molecule is COc1ccc2c(CC(=O)OCC(=O)c3ccccc3)coc2c1. The van der Waals surface area contributed by atoms with Crippen LogP contribution in [0.4, 0.5) is 0 Å². The van der Waals surface area contributed by atoms with Crippen LogP contribution in [-0.4, -0.2) is 25.5 Å². The molecule has 0 atom stereocenters. The van der Waals surface area contributed by atoms with Crippen molar-refractivity contribution in [1.82, 2.24) is 0 Å². The van der Waals surface area contributed by atoms with Gasteiger partial charge in [0.1, 0.15) is 11.3 Å². The molecule has 0 saturated heterocycles. The molecule has 5 nitrogen and oxygen atoms in total. The summed E-state index contributed by atoms with van der Waals surface area (Å²) in [4.78, 5) is 23.9. The summed E-state index contributed by atoms with van der Waals surface area (Å²) in [6.07, 6.45) is 1.56. The number of hydrogen-bond acceptors (Lipinski definition) is 5. The van der Waals surface area contributed by atoms with Crippen LogP contribution in [0.3, 0.4) is 0 Å².